The average molecular weight is 231 g/mol. The molecule has 0 fully saturated rings. The van der Waals surface area contributed by atoms with Crippen LogP contribution in [0.2, 0.25) is 0 Å². The number of carbonyl (C=O) groups excluding carboxylic acids is 2. The number of nitrogens with two attached hydrogens (primary N) is 1. The van der Waals surface area contributed by atoms with Crippen LogP contribution in [0.5, 0.6) is 0 Å². The minimum Gasteiger partial charge on any atom is -0.383 e. The highest BCUT2D eigenvalue weighted by Crippen LogP contribution is 1.98. The van der Waals surface area contributed by atoms with E-state index < -0.39 is 0 Å². The molecular formula is C10H21N3O3. The number of nitrogens with one attached hydrogen (secondary N) is 2. The molecule has 1 atom stereocenters. The van der Waals surface area contributed by atoms with Gasteiger partial charge in [-0.1, -0.05) is 6.92 Å². The van der Waals surface area contributed by atoms with Crippen LogP contribution in [-0.4, -0.2) is 45.2 Å². The van der Waals surface area contributed by atoms with Gasteiger partial charge >= 0.3 is 0 Å². The van der Waals surface area contributed by atoms with E-state index in [2.05, 4.69) is 10.6 Å². The summed E-state index contributed by atoms with van der Waals surface area (Å²) in [6.07, 6.45) is 0.674. The van der Waals surface area contributed by atoms with E-state index >= 15 is 0 Å². The van der Waals surface area contributed by atoms with Gasteiger partial charge in [-0.15, -0.1) is 0 Å². The average Bonchev–Trinajstić information content (AvgIpc) is 2.28. The molecule has 0 spiro atoms. The first-order valence-corrected chi connectivity index (χ1v) is 5.39. The van der Waals surface area contributed by atoms with Gasteiger partial charge in [0.2, 0.25) is 11.8 Å². The van der Waals surface area contributed by atoms with Gasteiger partial charge in [0, 0.05) is 26.1 Å². The molecule has 0 aromatic rings. The lowest BCUT2D eigenvalue weighted by Gasteiger charge is -2.12. The van der Waals surface area contributed by atoms with Crippen LogP contribution in [0.3, 0.4) is 0 Å². The molecule has 4 N–H and O–H groups in total. The van der Waals surface area contributed by atoms with E-state index in [-0.39, 0.29) is 24.3 Å². The van der Waals surface area contributed by atoms with Crippen LogP contribution in [0.25, 0.3) is 0 Å². The van der Waals surface area contributed by atoms with Gasteiger partial charge in [0.15, 0.2) is 0 Å². The van der Waals surface area contributed by atoms with Gasteiger partial charge in [-0.25, -0.2) is 0 Å². The van der Waals surface area contributed by atoms with Crippen molar-refractivity contribution in [1.29, 1.82) is 0 Å². The van der Waals surface area contributed by atoms with Gasteiger partial charge in [0.25, 0.3) is 0 Å². The zero-order valence-electron chi connectivity index (χ0n) is 9.91. The summed E-state index contributed by atoms with van der Waals surface area (Å²) in [5, 5.41) is 5.14. The molecule has 0 saturated heterocycles. The lowest BCUT2D eigenvalue weighted by molar-refractivity contribution is -0.128. The highest BCUT2D eigenvalue weighted by molar-refractivity contribution is 5.85. The maximum atomic E-state index is 11.4. The SMILES string of the molecule is CCC(CN)C(=O)NCC(=O)NCCOC. The Hall–Kier alpha value is -1.14. The first-order valence-electron chi connectivity index (χ1n) is 5.39. The van der Waals surface area contributed by atoms with E-state index in [1.807, 2.05) is 6.92 Å². The smallest absolute Gasteiger partial charge is 0.239 e. The van der Waals surface area contributed by atoms with Crippen LogP contribution < -0.4 is 16.4 Å². The van der Waals surface area contributed by atoms with E-state index in [9.17, 15) is 9.59 Å². The van der Waals surface area contributed by atoms with Crippen molar-refractivity contribution in [2.45, 2.75) is 13.3 Å². The third-order valence-corrected chi connectivity index (χ3v) is 2.20. The van der Waals surface area contributed by atoms with Crippen LogP contribution >= 0.6 is 0 Å². The van der Waals surface area contributed by atoms with E-state index in [0.29, 0.717) is 26.1 Å². The zero-order valence-corrected chi connectivity index (χ0v) is 9.91. The Bertz CT molecular complexity index is 217. The normalized spacial score (nSPS) is 11.9. The predicted molar refractivity (Wildman–Crippen MR) is 60.7 cm³/mol. The van der Waals surface area contributed by atoms with Gasteiger partial charge in [-0.3, -0.25) is 9.59 Å². The summed E-state index contributed by atoms with van der Waals surface area (Å²) in [5.41, 5.74) is 5.41. The molecule has 0 bridgehead atoms. The second-order valence-electron chi connectivity index (χ2n) is 3.40. The lowest BCUT2D eigenvalue weighted by Crippen LogP contribution is -2.41. The molecule has 0 saturated carbocycles. The van der Waals surface area contributed by atoms with Crippen LogP contribution in [-0.2, 0) is 14.3 Å². The van der Waals surface area contributed by atoms with Crippen molar-refractivity contribution in [2.24, 2.45) is 11.7 Å². The molecule has 0 aliphatic rings. The second kappa shape index (κ2) is 9.11. The lowest BCUT2D eigenvalue weighted by atomic mass is 10.1. The Balaban J connectivity index is 3.70. The molecule has 6 nitrogen and oxygen atoms in total. The summed E-state index contributed by atoms with van der Waals surface area (Å²) in [5.74, 6) is -0.615. The Kier molecular flexibility index (Phi) is 8.46. The third kappa shape index (κ3) is 6.36. The van der Waals surface area contributed by atoms with E-state index in [1.54, 1.807) is 7.11 Å². The Morgan fingerprint density at radius 1 is 1.38 bits per heavy atom. The summed E-state index contributed by atoms with van der Waals surface area (Å²) in [4.78, 5) is 22.7. The fraction of sp³-hybridized carbons (Fsp3) is 0.800. The molecule has 0 heterocycles. The highest BCUT2D eigenvalue weighted by atomic mass is 16.5. The quantitative estimate of drug-likeness (QED) is 0.460. The minimum absolute atomic E-state index is 0.0148. The zero-order chi connectivity index (χ0) is 12.4. The summed E-state index contributed by atoms with van der Waals surface area (Å²) in [6.45, 7) is 3.07. The van der Waals surface area contributed by atoms with Crippen LogP contribution in [0.4, 0.5) is 0 Å². The number of rotatable bonds is 8. The van der Waals surface area contributed by atoms with E-state index in [0.717, 1.165) is 0 Å². The molecule has 6 heteroatoms. The summed E-state index contributed by atoms with van der Waals surface area (Å²) in [7, 11) is 1.56. The minimum atomic E-state index is -0.225. The molecule has 16 heavy (non-hydrogen) atoms. The molecular weight excluding hydrogens is 210 g/mol. The third-order valence-electron chi connectivity index (χ3n) is 2.20. The van der Waals surface area contributed by atoms with Crippen molar-refractivity contribution in [3.8, 4) is 0 Å². The standard InChI is InChI=1S/C10H21N3O3/c1-3-8(6-11)10(15)13-7-9(14)12-4-5-16-2/h8H,3-7,11H2,1-2H3,(H,12,14)(H,13,15). The van der Waals surface area contributed by atoms with Crippen molar-refractivity contribution >= 4 is 11.8 Å². The number of carbonyl (C=O) groups is 2. The van der Waals surface area contributed by atoms with Crippen molar-refractivity contribution in [3.05, 3.63) is 0 Å². The molecule has 0 radical (unpaired) electrons. The molecule has 0 aliphatic carbocycles. The van der Waals surface area contributed by atoms with E-state index in [4.69, 9.17) is 10.5 Å². The van der Waals surface area contributed by atoms with Crippen molar-refractivity contribution in [2.75, 3.05) is 33.4 Å². The monoisotopic (exact) mass is 231 g/mol. The number of hydrogen-bond acceptors (Lipinski definition) is 4. The van der Waals surface area contributed by atoms with Gasteiger partial charge in [0.05, 0.1) is 13.2 Å². The van der Waals surface area contributed by atoms with Gasteiger partial charge in [-0.05, 0) is 6.42 Å². The number of methoxy groups -OCH3 is 1. The maximum absolute atomic E-state index is 11.4. The molecule has 0 aromatic heterocycles. The molecule has 2 amide bonds. The number of ether oxygens (including phenoxy) is 1. The van der Waals surface area contributed by atoms with Crippen molar-refractivity contribution in [3.63, 3.8) is 0 Å². The number of amides is 2. The molecule has 1 unspecified atom stereocenters. The Labute approximate surface area is 95.9 Å². The van der Waals surface area contributed by atoms with Gasteiger partial charge < -0.3 is 21.1 Å². The fourth-order valence-electron chi connectivity index (χ4n) is 1.13. The first kappa shape index (κ1) is 14.9. The summed E-state index contributed by atoms with van der Waals surface area (Å²) >= 11 is 0. The molecule has 94 valence electrons. The first-order chi connectivity index (χ1) is 7.65. The Morgan fingerprint density at radius 2 is 2.06 bits per heavy atom. The van der Waals surface area contributed by atoms with Crippen molar-refractivity contribution in [1.82, 2.24) is 10.6 Å². The largest absolute Gasteiger partial charge is 0.383 e. The second-order valence-corrected chi connectivity index (χ2v) is 3.40. The molecule has 0 aliphatic heterocycles. The maximum Gasteiger partial charge on any atom is 0.239 e. The van der Waals surface area contributed by atoms with Crippen molar-refractivity contribution < 1.29 is 14.3 Å². The Morgan fingerprint density at radius 3 is 2.56 bits per heavy atom. The van der Waals surface area contributed by atoms with Gasteiger partial charge in [0.1, 0.15) is 0 Å². The van der Waals surface area contributed by atoms with Crippen LogP contribution in [0.15, 0.2) is 0 Å². The van der Waals surface area contributed by atoms with E-state index in [1.165, 1.54) is 0 Å². The molecule has 0 rings (SSSR count). The summed E-state index contributed by atoms with van der Waals surface area (Å²) in [6, 6.07) is 0. The fourth-order valence-corrected chi connectivity index (χ4v) is 1.13. The van der Waals surface area contributed by atoms with Crippen LogP contribution in [0.1, 0.15) is 13.3 Å². The highest BCUT2D eigenvalue weighted by Gasteiger charge is 2.14. The molecule has 0 aromatic carbocycles. The summed E-state index contributed by atoms with van der Waals surface area (Å²) < 4.78 is 4.77. The van der Waals surface area contributed by atoms with Crippen LogP contribution in [0, 0.1) is 5.92 Å². The topological polar surface area (TPSA) is 93.5 Å². The predicted octanol–water partition coefficient (Wildman–Crippen LogP) is -1.15. The van der Waals surface area contributed by atoms with Gasteiger partial charge in [-0.2, -0.15) is 0 Å². The number of hydrogen-bond donors (Lipinski definition) is 3.